The highest BCUT2D eigenvalue weighted by Crippen LogP contribution is 2.18. The number of rotatable bonds is 5. The van der Waals surface area contributed by atoms with Crippen molar-refractivity contribution in [2.45, 2.75) is 6.61 Å². The van der Waals surface area contributed by atoms with Gasteiger partial charge in [-0.15, -0.1) is 0 Å². The van der Waals surface area contributed by atoms with E-state index in [0.717, 1.165) is 11.1 Å². The van der Waals surface area contributed by atoms with E-state index in [1.807, 2.05) is 36.4 Å². The molecule has 0 radical (unpaired) electrons. The van der Waals surface area contributed by atoms with Crippen LogP contribution in [0.15, 0.2) is 54.7 Å². The molecule has 0 bridgehead atoms. The minimum atomic E-state index is -0.531. The van der Waals surface area contributed by atoms with E-state index in [2.05, 4.69) is 5.32 Å². The lowest BCUT2D eigenvalue weighted by Gasteiger charge is -2.08. The van der Waals surface area contributed by atoms with E-state index >= 15 is 0 Å². The van der Waals surface area contributed by atoms with E-state index in [4.69, 9.17) is 21.1 Å². The van der Waals surface area contributed by atoms with Gasteiger partial charge < -0.3 is 9.47 Å². The Hall–Kier alpha value is -2.46. The number of hydrogen-bond acceptors (Lipinski definition) is 3. The average molecular weight is 318 g/mol. The highest BCUT2D eigenvalue weighted by atomic mass is 35.5. The highest BCUT2D eigenvalue weighted by molar-refractivity contribution is 6.30. The van der Waals surface area contributed by atoms with Crippen LogP contribution in [0.2, 0.25) is 5.02 Å². The number of carbonyl (C=O) groups is 1. The normalized spacial score (nSPS) is 10.5. The van der Waals surface area contributed by atoms with Crippen LogP contribution in [0, 0.1) is 0 Å². The molecule has 4 nitrogen and oxygen atoms in total. The second-order valence-electron chi connectivity index (χ2n) is 4.42. The second-order valence-corrected chi connectivity index (χ2v) is 4.85. The maximum absolute atomic E-state index is 11.6. The van der Waals surface area contributed by atoms with E-state index in [1.165, 1.54) is 6.20 Å². The molecule has 0 aliphatic carbocycles. The van der Waals surface area contributed by atoms with Crippen molar-refractivity contribution in [2.75, 3.05) is 7.11 Å². The van der Waals surface area contributed by atoms with Gasteiger partial charge in [-0.05, 0) is 29.8 Å². The molecule has 0 saturated carbocycles. The number of amides is 1. The van der Waals surface area contributed by atoms with E-state index < -0.39 is 6.09 Å². The van der Waals surface area contributed by atoms with E-state index in [9.17, 15) is 4.79 Å². The molecule has 2 aromatic carbocycles. The summed E-state index contributed by atoms with van der Waals surface area (Å²) in [4.78, 5) is 11.6. The fourth-order valence-corrected chi connectivity index (χ4v) is 1.91. The number of benzene rings is 2. The van der Waals surface area contributed by atoms with E-state index in [-0.39, 0.29) is 6.61 Å². The molecule has 0 fully saturated rings. The monoisotopic (exact) mass is 317 g/mol. The summed E-state index contributed by atoms with van der Waals surface area (Å²) in [6, 6.07) is 14.6. The SMILES string of the molecule is COc1ccccc1COC(=O)NC=Cc1ccc(Cl)cc1. The Balaban J connectivity index is 1.82. The molecule has 0 saturated heterocycles. The molecule has 0 atom stereocenters. The number of methoxy groups -OCH3 is 1. The van der Waals surface area contributed by atoms with Crippen molar-refractivity contribution in [3.05, 3.63) is 70.9 Å². The van der Waals surface area contributed by atoms with Crippen molar-refractivity contribution in [1.82, 2.24) is 5.32 Å². The Labute approximate surface area is 134 Å². The van der Waals surface area contributed by atoms with E-state index in [1.54, 1.807) is 25.3 Å². The summed E-state index contributed by atoms with van der Waals surface area (Å²) in [5, 5.41) is 3.21. The van der Waals surface area contributed by atoms with Crippen LogP contribution < -0.4 is 10.1 Å². The summed E-state index contributed by atoms with van der Waals surface area (Å²) >= 11 is 5.80. The van der Waals surface area contributed by atoms with Crippen molar-refractivity contribution in [2.24, 2.45) is 0 Å². The van der Waals surface area contributed by atoms with Crippen molar-refractivity contribution in [3.63, 3.8) is 0 Å². The van der Waals surface area contributed by atoms with Crippen LogP contribution >= 0.6 is 11.6 Å². The van der Waals surface area contributed by atoms with Gasteiger partial charge in [0.25, 0.3) is 0 Å². The van der Waals surface area contributed by atoms with Gasteiger partial charge in [-0.1, -0.05) is 41.9 Å². The number of halogens is 1. The Morgan fingerprint density at radius 1 is 1.18 bits per heavy atom. The molecular weight excluding hydrogens is 302 g/mol. The third-order valence-electron chi connectivity index (χ3n) is 2.90. The Morgan fingerprint density at radius 3 is 2.64 bits per heavy atom. The predicted molar refractivity (Wildman–Crippen MR) is 86.8 cm³/mol. The van der Waals surface area contributed by atoms with Crippen molar-refractivity contribution >= 4 is 23.8 Å². The zero-order valence-corrected chi connectivity index (χ0v) is 12.8. The van der Waals surface area contributed by atoms with E-state index in [0.29, 0.717) is 10.8 Å². The number of carbonyl (C=O) groups excluding carboxylic acids is 1. The molecule has 22 heavy (non-hydrogen) atoms. The third kappa shape index (κ3) is 4.82. The molecule has 5 heteroatoms. The summed E-state index contributed by atoms with van der Waals surface area (Å²) in [6.45, 7) is 0.143. The highest BCUT2D eigenvalue weighted by Gasteiger charge is 2.04. The molecule has 1 amide bonds. The van der Waals surface area contributed by atoms with Gasteiger partial charge in [0.05, 0.1) is 7.11 Å². The smallest absolute Gasteiger partial charge is 0.411 e. The topological polar surface area (TPSA) is 47.6 Å². The number of alkyl carbamates (subject to hydrolysis) is 1. The maximum atomic E-state index is 11.6. The van der Waals surface area contributed by atoms with Crippen LogP contribution in [0.25, 0.3) is 6.08 Å². The summed E-state index contributed by atoms with van der Waals surface area (Å²) in [6.07, 6.45) is 2.74. The lowest BCUT2D eigenvalue weighted by atomic mass is 10.2. The van der Waals surface area contributed by atoms with Gasteiger partial charge in [0.2, 0.25) is 0 Å². The summed E-state index contributed by atoms with van der Waals surface area (Å²) < 4.78 is 10.3. The zero-order valence-electron chi connectivity index (χ0n) is 12.1. The first-order valence-electron chi connectivity index (χ1n) is 6.66. The Bertz CT molecular complexity index is 653. The standard InChI is InChI=1S/C17H16ClNO3/c1-21-16-5-3-2-4-14(16)12-22-17(20)19-11-10-13-6-8-15(18)9-7-13/h2-11H,12H2,1H3,(H,19,20). The fourth-order valence-electron chi connectivity index (χ4n) is 1.79. The van der Waals surface area contributed by atoms with Gasteiger partial charge in [0.15, 0.2) is 0 Å². The van der Waals surface area contributed by atoms with Gasteiger partial charge in [0, 0.05) is 16.8 Å². The van der Waals surface area contributed by atoms with Gasteiger partial charge in [0.1, 0.15) is 12.4 Å². The minimum Gasteiger partial charge on any atom is -0.496 e. The van der Waals surface area contributed by atoms with Crippen molar-refractivity contribution in [3.8, 4) is 5.75 Å². The molecule has 2 rings (SSSR count). The lowest BCUT2D eigenvalue weighted by molar-refractivity contribution is 0.142. The average Bonchev–Trinajstić information content (AvgIpc) is 2.55. The number of nitrogens with one attached hydrogen (secondary N) is 1. The number of ether oxygens (including phenoxy) is 2. The molecule has 0 aliphatic heterocycles. The first-order valence-corrected chi connectivity index (χ1v) is 7.04. The third-order valence-corrected chi connectivity index (χ3v) is 3.15. The lowest BCUT2D eigenvalue weighted by Crippen LogP contribution is -2.18. The Kier molecular flexibility index (Phi) is 5.86. The van der Waals surface area contributed by atoms with Crippen molar-refractivity contribution in [1.29, 1.82) is 0 Å². The molecule has 2 aromatic rings. The molecule has 0 aliphatic rings. The summed E-state index contributed by atoms with van der Waals surface area (Å²) in [5.74, 6) is 0.687. The van der Waals surface area contributed by atoms with Crippen LogP contribution in [0.5, 0.6) is 5.75 Å². The molecule has 0 unspecified atom stereocenters. The van der Waals surface area contributed by atoms with Gasteiger partial charge in [-0.3, -0.25) is 5.32 Å². The predicted octanol–water partition coefficient (Wildman–Crippen LogP) is 4.25. The van der Waals surface area contributed by atoms with Gasteiger partial charge >= 0.3 is 6.09 Å². The first kappa shape index (κ1) is 15.9. The molecular formula is C17H16ClNO3. The molecule has 0 heterocycles. The van der Waals surface area contributed by atoms with Crippen LogP contribution in [0.3, 0.4) is 0 Å². The summed E-state index contributed by atoms with van der Waals surface area (Å²) in [7, 11) is 1.58. The number of hydrogen-bond donors (Lipinski definition) is 1. The van der Waals surface area contributed by atoms with Crippen molar-refractivity contribution < 1.29 is 14.3 Å². The van der Waals surface area contributed by atoms with Crippen LogP contribution in [-0.4, -0.2) is 13.2 Å². The molecule has 1 N–H and O–H groups in total. The van der Waals surface area contributed by atoms with Crippen LogP contribution in [0.4, 0.5) is 4.79 Å². The maximum Gasteiger partial charge on any atom is 0.411 e. The largest absolute Gasteiger partial charge is 0.496 e. The second kappa shape index (κ2) is 8.10. The molecule has 114 valence electrons. The zero-order chi connectivity index (χ0) is 15.8. The van der Waals surface area contributed by atoms with Crippen LogP contribution in [0.1, 0.15) is 11.1 Å². The number of para-hydroxylation sites is 1. The molecule has 0 aromatic heterocycles. The fraction of sp³-hybridized carbons (Fsp3) is 0.118. The first-order chi connectivity index (χ1) is 10.7. The molecule has 0 spiro atoms. The Morgan fingerprint density at radius 2 is 1.91 bits per heavy atom. The van der Waals surface area contributed by atoms with Gasteiger partial charge in [-0.25, -0.2) is 4.79 Å². The quantitative estimate of drug-likeness (QED) is 0.897. The van der Waals surface area contributed by atoms with Gasteiger partial charge in [-0.2, -0.15) is 0 Å². The summed E-state index contributed by atoms with van der Waals surface area (Å²) in [5.41, 5.74) is 1.73. The minimum absolute atomic E-state index is 0.143. The van der Waals surface area contributed by atoms with Crippen LogP contribution in [-0.2, 0) is 11.3 Å².